The average Bonchev–Trinajstić information content (AvgIpc) is 2.95. The molecule has 3 rings (SSSR count). The van der Waals surface area contributed by atoms with E-state index in [9.17, 15) is 14.3 Å². The highest BCUT2D eigenvalue weighted by Crippen LogP contribution is 2.25. The highest BCUT2D eigenvalue weighted by atomic mass is 19.1. The van der Waals surface area contributed by atoms with Crippen molar-refractivity contribution in [2.75, 3.05) is 14.1 Å². The summed E-state index contributed by atoms with van der Waals surface area (Å²) in [5.41, 5.74) is 2.26. The van der Waals surface area contributed by atoms with Gasteiger partial charge in [0.05, 0.1) is 35.8 Å². The molecule has 5 nitrogen and oxygen atoms in total. The Hall–Kier alpha value is -2.83. The van der Waals surface area contributed by atoms with Gasteiger partial charge in [0.2, 0.25) is 0 Å². The predicted molar refractivity (Wildman–Crippen MR) is 101 cm³/mol. The molecule has 0 saturated carbocycles. The number of hydrogen-bond donors (Lipinski definition) is 1. The van der Waals surface area contributed by atoms with Crippen LogP contribution < -0.4 is 0 Å². The van der Waals surface area contributed by atoms with Gasteiger partial charge >= 0.3 is 0 Å². The zero-order valence-corrected chi connectivity index (χ0v) is 15.6. The number of rotatable bonds is 6. The summed E-state index contributed by atoms with van der Waals surface area (Å²) in [6.45, 7) is 2.14. The van der Waals surface area contributed by atoms with E-state index in [0.29, 0.717) is 35.0 Å². The van der Waals surface area contributed by atoms with E-state index in [1.54, 1.807) is 34.9 Å². The van der Waals surface area contributed by atoms with Crippen molar-refractivity contribution < 1.29 is 14.3 Å². The minimum atomic E-state index is -0.560. The van der Waals surface area contributed by atoms with E-state index in [2.05, 4.69) is 4.98 Å². The Balaban J connectivity index is 2.21. The molecule has 0 unspecified atom stereocenters. The van der Waals surface area contributed by atoms with Gasteiger partial charge in [-0.05, 0) is 45.3 Å². The maximum absolute atomic E-state index is 14.2. The molecule has 0 radical (unpaired) electrons. The Labute approximate surface area is 157 Å². The molecule has 1 N–H and O–H groups in total. The molecule has 0 saturated heterocycles. The Kier molecular flexibility index (Phi) is 5.48. The number of aryl methyl sites for hydroxylation is 1. The number of imidazole rings is 1. The van der Waals surface area contributed by atoms with Crippen LogP contribution in [0.15, 0.2) is 48.5 Å². The van der Waals surface area contributed by atoms with Crippen LogP contribution in [-0.4, -0.2) is 39.4 Å². The third-order valence-electron chi connectivity index (χ3n) is 4.36. The number of aromatic nitrogens is 2. The van der Waals surface area contributed by atoms with Crippen LogP contribution in [0, 0.1) is 12.7 Å². The van der Waals surface area contributed by atoms with Crippen LogP contribution in [0.3, 0.4) is 0 Å². The summed E-state index contributed by atoms with van der Waals surface area (Å²) < 4.78 is 16.0. The van der Waals surface area contributed by atoms with Gasteiger partial charge in [0.15, 0.2) is 5.78 Å². The molecule has 0 spiro atoms. The van der Waals surface area contributed by atoms with Gasteiger partial charge in [-0.15, -0.1) is 0 Å². The predicted octanol–water partition coefficient (Wildman–Crippen LogP) is 3.10. The molecule has 0 aliphatic heterocycles. The van der Waals surface area contributed by atoms with Crippen molar-refractivity contribution in [1.29, 1.82) is 0 Å². The number of aliphatic hydroxyl groups is 1. The van der Waals surface area contributed by atoms with Crippen molar-refractivity contribution in [3.05, 3.63) is 82.7 Å². The number of hydrogen-bond acceptors (Lipinski definition) is 4. The van der Waals surface area contributed by atoms with E-state index >= 15 is 0 Å². The summed E-state index contributed by atoms with van der Waals surface area (Å²) in [4.78, 5) is 19.6. The number of benzene rings is 2. The molecule has 0 bridgehead atoms. The smallest absolute Gasteiger partial charge is 0.198 e. The number of nitrogens with zero attached hydrogens (tertiary/aromatic N) is 3. The zero-order chi connectivity index (χ0) is 19.6. The highest BCUT2D eigenvalue weighted by molar-refractivity contribution is 6.11. The number of ketones is 1. The molecule has 6 heteroatoms. The van der Waals surface area contributed by atoms with Crippen molar-refractivity contribution in [2.45, 2.75) is 20.1 Å². The monoisotopic (exact) mass is 367 g/mol. The number of aliphatic hydroxyl groups excluding tert-OH is 1. The van der Waals surface area contributed by atoms with E-state index in [0.717, 1.165) is 0 Å². The largest absolute Gasteiger partial charge is 0.390 e. The molecule has 1 aromatic heterocycles. The van der Waals surface area contributed by atoms with Crippen LogP contribution in [0.4, 0.5) is 4.39 Å². The van der Waals surface area contributed by atoms with E-state index < -0.39 is 11.6 Å². The van der Waals surface area contributed by atoms with Crippen LogP contribution >= 0.6 is 0 Å². The first-order valence-corrected chi connectivity index (χ1v) is 8.65. The van der Waals surface area contributed by atoms with Crippen LogP contribution in [0.2, 0.25) is 0 Å². The summed E-state index contributed by atoms with van der Waals surface area (Å²) in [6, 6.07) is 12.9. The number of carbonyl (C=O) groups excluding carboxylic acids is 1. The molecule has 3 aromatic rings. The van der Waals surface area contributed by atoms with Gasteiger partial charge in [0, 0.05) is 5.56 Å². The lowest BCUT2D eigenvalue weighted by Crippen LogP contribution is -2.18. The first kappa shape index (κ1) is 18.9. The van der Waals surface area contributed by atoms with Crippen molar-refractivity contribution in [3.8, 4) is 5.69 Å². The molecule has 0 amide bonds. The van der Waals surface area contributed by atoms with Crippen molar-refractivity contribution in [2.24, 2.45) is 0 Å². The molecule has 0 atom stereocenters. The first-order chi connectivity index (χ1) is 12.9. The van der Waals surface area contributed by atoms with Gasteiger partial charge in [-0.2, -0.15) is 0 Å². The van der Waals surface area contributed by atoms with E-state index in [1.807, 2.05) is 32.0 Å². The standard InChI is InChI=1S/C21H22FN3O2/c1-14-19(13-26)25(20(23-14)12-24(2)3)18-11-7-5-9-16(18)21(27)15-8-4-6-10-17(15)22/h4-11,26H,12-13H2,1-3H3. The normalized spacial score (nSPS) is 11.2. The lowest BCUT2D eigenvalue weighted by atomic mass is 10.0. The summed E-state index contributed by atoms with van der Waals surface area (Å²) in [7, 11) is 3.84. The van der Waals surface area contributed by atoms with Gasteiger partial charge < -0.3 is 10.0 Å². The van der Waals surface area contributed by atoms with Gasteiger partial charge in [-0.3, -0.25) is 9.36 Å². The molecule has 2 aromatic carbocycles. The third-order valence-corrected chi connectivity index (χ3v) is 4.36. The minimum absolute atomic E-state index is 0.0153. The first-order valence-electron chi connectivity index (χ1n) is 8.65. The fraction of sp³-hybridized carbons (Fsp3) is 0.238. The maximum Gasteiger partial charge on any atom is 0.198 e. The topological polar surface area (TPSA) is 58.4 Å². The molecular formula is C21H22FN3O2. The molecule has 0 aliphatic rings. The third kappa shape index (κ3) is 3.67. The number of halogens is 1. The summed E-state index contributed by atoms with van der Waals surface area (Å²) in [5, 5.41) is 9.88. The van der Waals surface area contributed by atoms with E-state index in [-0.39, 0.29) is 12.2 Å². The fourth-order valence-electron chi connectivity index (χ4n) is 3.14. The summed E-state index contributed by atoms with van der Waals surface area (Å²) in [6.07, 6.45) is 0. The fourth-order valence-corrected chi connectivity index (χ4v) is 3.14. The van der Waals surface area contributed by atoms with Crippen molar-refractivity contribution in [1.82, 2.24) is 14.5 Å². The lowest BCUT2D eigenvalue weighted by molar-refractivity contribution is 0.103. The van der Waals surface area contributed by atoms with Gasteiger partial charge in [0.1, 0.15) is 11.6 Å². The molecule has 27 heavy (non-hydrogen) atoms. The number of para-hydroxylation sites is 1. The summed E-state index contributed by atoms with van der Waals surface area (Å²) >= 11 is 0. The lowest BCUT2D eigenvalue weighted by Gasteiger charge is -2.17. The molecule has 140 valence electrons. The molecule has 0 fully saturated rings. The Morgan fingerprint density at radius 2 is 1.74 bits per heavy atom. The maximum atomic E-state index is 14.2. The van der Waals surface area contributed by atoms with Crippen LogP contribution in [0.1, 0.15) is 33.1 Å². The zero-order valence-electron chi connectivity index (χ0n) is 15.6. The Morgan fingerprint density at radius 3 is 2.37 bits per heavy atom. The second-order valence-corrected chi connectivity index (χ2v) is 6.62. The van der Waals surface area contributed by atoms with E-state index in [1.165, 1.54) is 12.1 Å². The highest BCUT2D eigenvalue weighted by Gasteiger charge is 2.22. The average molecular weight is 367 g/mol. The van der Waals surface area contributed by atoms with Crippen molar-refractivity contribution in [3.63, 3.8) is 0 Å². The minimum Gasteiger partial charge on any atom is -0.390 e. The van der Waals surface area contributed by atoms with Gasteiger partial charge in [-0.1, -0.05) is 24.3 Å². The van der Waals surface area contributed by atoms with Gasteiger partial charge in [-0.25, -0.2) is 9.37 Å². The van der Waals surface area contributed by atoms with Gasteiger partial charge in [0.25, 0.3) is 0 Å². The van der Waals surface area contributed by atoms with Crippen LogP contribution in [0.25, 0.3) is 5.69 Å². The SMILES string of the molecule is Cc1nc(CN(C)C)n(-c2ccccc2C(=O)c2ccccc2F)c1CO. The number of carbonyl (C=O) groups is 1. The Bertz CT molecular complexity index is 979. The summed E-state index contributed by atoms with van der Waals surface area (Å²) in [5.74, 6) is -0.264. The molecule has 1 heterocycles. The van der Waals surface area contributed by atoms with Crippen LogP contribution in [-0.2, 0) is 13.2 Å². The second-order valence-electron chi connectivity index (χ2n) is 6.62. The Morgan fingerprint density at radius 1 is 1.11 bits per heavy atom. The quantitative estimate of drug-likeness (QED) is 0.680. The van der Waals surface area contributed by atoms with Crippen molar-refractivity contribution >= 4 is 5.78 Å². The second kappa shape index (κ2) is 7.82. The molecular weight excluding hydrogens is 345 g/mol. The van der Waals surface area contributed by atoms with Crippen LogP contribution in [0.5, 0.6) is 0 Å². The van der Waals surface area contributed by atoms with E-state index in [4.69, 9.17) is 0 Å². The molecule has 0 aliphatic carbocycles.